The fourth-order valence-corrected chi connectivity index (χ4v) is 1.43. The van der Waals surface area contributed by atoms with Crippen molar-refractivity contribution >= 4 is 11.9 Å². The molecule has 0 spiro atoms. The van der Waals surface area contributed by atoms with Crippen molar-refractivity contribution in [3.8, 4) is 11.5 Å². The van der Waals surface area contributed by atoms with Gasteiger partial charge in [-0.2, -0.15) is 0 Å². The van der Waals surface area contributed by atoms with Gasteiger partial charge in [-0.25, -0.2) is 0 Å². The van der Waals surface area contributed by atoms with E-state index in [4.69, 9.17) is 9.47 Å². The SMILES string of the molecule is CC=Cc1ccc2c(c1)OC(C(C)=O)O2. The van der Waals surface area contributed by atoms with Crippen molar-refractivity contribution in [3.63, 3.8) is 0 Å². The van der Waals surface area contributed by atoms with Crippen LogP contribution >= 0.6 is 0 Å². The first-order valence-corrected chi connectivity index (χ1v) is 4.81. The Morgan fingerprint density at radius 3 is 2.73 bits per heavy atom. The highest BCUT2D eigenvalue weighted by atomic mass is 16.7. The van der Waals surface area contributed by atoms with E-state index >= 15 is 0 Å². The van der Waals surface area contributed by atoms with E-state index in [1.807, 2.05) is 37.3 Å². The van der Waals surface area contributed by atoms with E-state index in [2.05, 4.69) is 0 Å². The quantitative estimate of drug-likeness (QED) is 0.742. The first-order chi connectivity index (χ1) is 7.20. The molecular formula is C12H12O3. The lowest BCUT2D eigenvalue weighted by atomic mass is 10.2. The van der Waals surface area contributed by atoms with Gasteiger partial charge < -0.3 is 9.47 Å². The van der Waals surface area contributed by atoms with Crippen LogP contribution in [0.2, 0.25) is 0 Å². The molecule has 15 heavy (non-hydrogen) atoms. The van der Waals surface area contributed by atoms with Gasteiger partial charge in [-0.3, -0.25) is 4.79 Å². The fourth-order valence-electron chi connectivity index (χ4n) is 1.43. The van der Waals surface area contributed by atoms with Crippen LogP contribution in [0.25, 0.3) is 6.08 Å². The van der Waals surface area contributed by atoms with E-state index < -0.39 is 6.29 Å². The van der Waals surface area contributed by atoms with Crippen LogP contribution in [0.15, 0.2) is 24.3 Å². The molecule has 1 heterocycles. The van der Waals surface area contributed by atoms with Crippen molar-refractivity contribution < 1.29 is 14.3 Å². The van der Waals surface area contributed by atoms with Gasteiger partial charge in [-0.15, -0.1) is 0 Å². The predicted molar refractivity (Wildman–Crippen MR) is 56.9 cm³/mol. The molecule has 1 aromatic carbocycles. The molecule has 0 bridgehead atoms. The Morgan fingerprint density at radius 2 is 2.07 bits per heavy atom. The van der Waals surface area contributed by atoms with Crippen LogP contribution in [-0.2, 0) is 4.79 Å². The van der Waals surface area contributed by atoms with E-state index in [1.165, 1.54) is 6.92 Å². The van der Waals surface area contributed by atoms with Crippen LogP contribution in [0.1, 0.15) is 19.4 Å². The maximum absolute atomic E-state index is 11.1. The predicted octanol–water partition coefficient (Wildman–Crippen LogP) is 2.41. The molecule has 78 valence electrons. The molecule has 1 aliphatic heterocycles. The highest BCUT2D eigenvalue weighted by Crippen LogP contribution is 2.35. The maximum Gasteiger partial charge on any atom is 0.300 e. The Kier molecular flexibility index (Phi) is 2.46. The Morgan fingerprint density at radius 1 is 1.33 bits per heavy atom. The van der Waals surface area contributed by atoms with Crippen molar-refractivity contribution in [1.29, 1.82) is 0 Å². The molecule has 0 aliphatic carbocycles. The normalized spacial score (nSPS) is 18.4. The molecule has 1 aromatic rings. The average molecular weight is 204 g/mol. The van der Waals surface area contributed by atoms with Crippen LogP contribution < -0.4 is 9.47 Å². The van der Waals surface area contributed by atoms with E-state index in [0.29, 0.717) is 11.5 Å². The van der Waals surface area contributed by atoms with Crippen LogP contribution in [0.5, 0.6) is 11.5 Å². The topological polar surface area (TPSA) is 35.5 Å². The highest BCUT2D eigenvalue weighted by molar-refractivity contribution is 5.80. The zero-order chi connectivity index (χ0) is 10.8. The van der Waals surface area contributed by atoms with Gasteiger partial charge in [-0.1, -0.05) is 18.2 Å². The third-order valence-corrected chi connectivity index (χ3v) is 2.13. The van der Waals surface area contributed by atoms with Crippen molar-refractivity contribution in [1.82, 2.24) is 0 Å². The molecule has 3 nitrogen and oxygen atoms in total. The minimum atomic E-state index is -0.777. The summed E-state index contributed by atoms with van der Waals surface area (Å²) in [6, 6.07) is 5.59. The van der Waals surface area contributed by atoms with Gasteiger partial charge >= 0.3 is 6.29 Å². The Bertz CT molecular complexity index is 421. The lowest BCUT2D eigenvalue weighted by molar-refractivity contribution is -0.132. The molecular weight excluding hydrogens is 192 g/mol. The van der Waals surface area contributed by atoms with E-state index in [0.717, 1.165) is 5.56 Å². The number of ketones is 1. The van der Waals surface area contributed by atoms with Gasteiger partial charge in [0, 0.05) is 6.92 Å². The summed E-state index contributed by atoms with van der Waals surface area (Å²) < 4.78 is 10.7. The number of hydrogen-bond acceptors (Lipinski definition) is 3. The average Bonchev–Trinajstić information content (AvgIpc) is 2.61. The third kappa shape index (κ3) is 1.86. The Hall–Kier alpha value is -1.77. The van der Waals surface area contributed by atoms with Gasteiger partial charge in [0.15, 0.2) is 11.5 Å². The van der Waals surface area contributed by atoms with Gasteiger partial charge in [0.05, 0.1) is 0 Å². The largest absolute Gasteiger partial charge is 0.444 e. The fraction of sp³-hybridized carbons (Fsp3) is 0.250. The second-order valence-electron chi connectivity index (χ2n) is 3.38. The maximum atomic E-state index is 11.1. The minimum Gasteiger partial charge on any atom is -0.444 e. The number of ether oxygens (including phenoxy) is 2. The standard InChI is InChI=1S/C12H12O3/c1-3-4-9-5-6-10-11(7-9)15-12(14-10)8(2)13/h3-7,12H,1-2H3. The summed E-state index contributed by atoms with van der Waals surface area (Å²) in [4.78, 5) is 11.1. The van der Waals surface area contributed by atoms with Crippen molar-refractivity contribution in [2.75, 3.05) is 0 Å². The first kappa shape index (κ1) is 9.77. The molecule has 0 N–H and O–H groups in total. The molecule has 1 unspecified atom stereocenters. The highest BCUT2D eigenvalue weighted by Gasteiger charge is 2.27. The summed E-state index contributed by atoms with van der Waals surface area (Å²) in [5.74, 6) is 1.13. The van der Waals surface area contributed by atoms with Crippen molar-refractivity contribution in [2.24, 2.45) is 0 Å². The lowest BCUT2D eigenvalue weighted by Gasteiger charge is -2.03. The molecule has 1 aliphatic rings. The molecule has 2 rings (SSSR count). The van der Waals surface area contributed by atoms with Crippen molar-refractivity contribution in [3.05, 3.63) is 29.8 Å². The second kappa shape index (κ2) is 3.77. The van der Waals surface area contributed by atoms with Crippen molar-refractivity contribution in [2.45, 2.75) is 20.1 Å². The smallest absolute Gasteiger partial charge is 0.300 e. The molecule has 0 radical (unpaired) electrons. The summed E-state index contributed by atoms with van der Waals surface area (Å²) in [5, 5.41) is 0. The molecule has 1 atom stereocenters. The number of hydrogen-bond donors (Lipinski definition) is 0. The molecule has 0 fully saturated rings. The minimum absolute atomic E-state index is 0.126. The van der Waals surface area contributed by atoms with Gasteiger partial charge in [0.25, 0.3) is 0 Å². The number of carbonyl (C=O) groups excluding carboxylic acids is 1. The van der Waals surface area contributed by atoms with E-state index in [-0.39, 0.29) is 5.78 Å². The molecule has 3 heteroatoms. The monoisotopic (exact) mass is 204 g/mol. The molecule has 0 amide bonds. The number of rotatable bonds is 2. The molecule has 0 saturated carbocycles. The van der Waals surface area contributed by atoms with Crippen LogP contribution in [0, 0.1) is 0 Å². The summed E-state index contributed by atoms with van der Waals surface area (Å²) in [6.45, 7) is 3.40. The van der Waals surface area contributed by atoms with E-state index in [9.17, 15) is 4.79 Å². The number of allylic oxidation sites excluding steroid dienone is 1. The number of Topliss-reactive ketones (excluding diaryl/α,β-unsaturated/α-hetero) is 1. The summed E-state index contributed by atoms with van der Waals surface area (Å²) in [7, 11) is 0. The summed E-state index contributed by atoms with van der Waals surface area (Å²) >= 11 is 0. The molecule has 0 saturated heterocycles. The van der Waals surface area contributed by atoms with Crippen LogP contribution in [0.3, 0.4) is 0 Å². The summed E-state index contributed by atoms with van der Waals surface area (Å²) in [5.41, 5.74) is 1.03. The molecule has 0 aromatic heterocycles. The van der Waals surface area contributed by atoms with Gasteiger partial charge in [0.2, 0.25) is 5.78 Å². The van der Waals surface area contributed by atoms with Gasteiger partial charge in [-0.05, 0) is 24.6 Å². The first-order valence-electron chi connectivity index (χ1n) is 4.81. The summed E-state index contributed by atoms with van der Waals surface area (Å²) in [6.07, 6.45) is 3.13. The Labute approximate surface area is 88.3 Å². The lowest BCUT2D eigenvalue weighted by Crippen LogP contribution is -2.26. The Balaban J connectivity index is 2.27. The van der Waals surface area contributed by atoms with E-state index in [1.54, 1.807) is 0 Å². The van der Waals surface area contributed by atoms with Crippen LogP contribution in [0.4, 0.5) is 0 Å². The van der Waals surface area contributed by atoms with Crippen LogP contribution in [-0.4, -0.2) is 12.1 Å². The third-order valence-electron chi connectivity index (χ3n) is 2.13. The zero-order valence-corrected chi connectivity index (χ0v) is 8.69. The number of carbonyl (C=O) groups is 1. The second-order valence-corrected chi connectivity index (χ2v) is 3.38. The number of fused-ring (bicyclic) bond motifs is 1. The van der Waals surface area contributed by atoms with Gasteiger partial charge in [0.1, 0.15) is 0 Å². The number of benzene rings is 1. The zero-order valence-electron chi connectivity index (χ0n) is 8.69.